The number of rotatable bonds is 2. The molecule has 2 fully saturated rings. The van der Waals surface area contributed by atoms with Gasteiger partial charge in [0.1, 0.15) is 6.73 Å². The second-order valence-electron chi connectivity index (χ2n) is 4.84. The van der Waals surface area contributed by atoms with Crippen LogP contribution in [0.1, 0.15) is 20.3 Å². The van der Waals surface area contributed by atoms with E-state index in [4.69, 9.17) is 9.84 Å². The topological polar surface area (TPSA) is 66.8 Å². The van der Waals surface area contributed by atoms with Crippen LogP contribution in [0.4, 0.5) is 0 Å². The molecule has 1 saturated carbocycles. The number of carboxylic acids is 1. The summed E-state index contributed by atoms with van der Waals surface area (Å²) in [6.07, 6.45) is 0.473. The van der Waals surface area contributed by atoms with Crippen LogP contribution in [0, 0.1) is 11.8 Å². The summed E-state index contributed by atoms with van der Waals surface area (Å²) in [6.45, 7) is 4.66. The maximum Gasteiger partial charge on any atom is 0.307 e. The van der Waals surface area contributed by atoms with E-state index in [1.165, 1.54) is 0 Å². The van der Waals surface area contributed by atoms with Crippen LogP contribution in [0.5, 0.6) is 0 Å². The van der Waals surface area contributed by atoms with Crippen LogP contribution in [0.2, 0.25) is 0 Å². The Morgan fingerprint density at radius 2 is 2.07 bits per heavy atom. The zero-order valence-corrected chi connectivity index (χ0v) is 8.90. The summed E-state index contributed by atoms with van der Waals surface area (Å²) >= 11 is 0. The van der Waals surface area contributed by atoms with Gasteiger partial charge in [0.25, 0.3) is 0 Å². The van der Waals surface area contributed by atoms with E-state index >= 15 is 0 Å². The van der Waals surface area contributed by atoms with Crippen molar-refractivity contribution in [1.29, 1.82) is 0 Å². The second-order valence-corrected chi connectivity index (χ2v) is 4.84. The number of carboxylic acid groups (broad SMARTS) is 1. The highest BCUT2D eigenvalue weighted by Crippen LogP contribution is 2.41. The van der Waals surface area contributed by atoms with E-state index in [-0.39, 0.29) is 24.1 Å². The number of carbonyl (C=O) groups is 2. The van der Waals surface area contributed by atoms with Gasteiger partial charge in [-0.2, -0.15) is 0 Å². The molecule has 2 rings (SSSR count). The molecule has 1 amide bonds. The Bertz CT molecular complexity index is 313. The Morgan fingerprint density at radius 1 is 1.40 bits per heavy atom. The van der Waals surface area contributed by atoms with Gasteiger partial charge in [-0.25, -0.2) is 0 Å². The number of aliphatic carboxylic acids is 1. The molecule has 0 unspecified atom stereocenters. The minimum Gasteiger partial charge on any atom is -0.481 e. The minimum absolute atomic E-state index is 0.0788. The zero-order chi connectivity index (χ0) is 11.2. The van der Waals surface area contributed by atoms with Crippen LogP contribution in [0.15, 0.2) is 0 Å². The number of carbonyl (C=O) groups excluding carboxylic acids is 1. The summed E-state index contributed by atoms with van der Waals surface area (Å²) < 4.78 is 5.22. The molecule has 5 heteroatoms. The third-order valence-electron chi connectivity index (χ3n) is 3.10. The van der Waals surface area contributed by atoms with Gasteiger partial charge in [-0.15, -0.1) is 0 Å². The normalized spacial score (nSPS) is 32.8. The zero-order valence-electron chi connectivity index (χ0n) is 8.90. The molecule has 1 aliphatic heterocycles. The molecule has 0 aromatic heterocycles. The first-order chi connectivity index (χ1) is 6.93. The Morgan fingerprint density at radius 3 is 2.47 bits per heavy atom. The predicted molar refractivity (Wildman–Crippen MR) is 51.0 cm³/mol. The van der Waals surface area contributed by atoms with Gasteiger partial charge >= 0.3 is 5.97 Å². The van der Waals surface area contributed by atoms with E-state index in [9.17, 15) is 9.59 Å². The molecular formula is C10H15NO4. The van der Waals surface area contributed by atoms with Crippen molar-refractivity contribution in [3.05, 3.63) is 0 Å². The molecule has 5 nitrogen and oxygen atoms in total. The van der Waals surface area contributed by atoms with Crippen molar-refractivity contribution in [2.24, 2.45) is 11.8 Å². The molecule has 0 aromatic rings. The van der Waals surface area contributed by atoms with Crippen LogP contribution in [-0.2, 0) is 14.3 Å². The molecule has 1 aliphatic carbocycles. The fourth-order valence-corrected chi connectivity index (χ4v) is 1.94. The third kappa shape index (κ3) is 1.71. The highest BCUT2D eigenvalue weighted by molar-refractivity contribution is 5.89. The Hall–Kier alpha value is -1.10. The van der Waals surface area contributed by atoms with Gasteiger partial charge < -0.3 is 14.7 Å². The summed E-state index contributed by atoms with van der Waals surface area (Å²) in [4.78, 5) is 24.2. The lowest BCUT2D eigenvalue weighted by atomic mass is 10.1. The Labute approximate surface area is 88.0 Å². The Kier molecular flexibility index (Phi) is 2.22. The maximum absolute atomic E-state index is 11.9. The molecule has 0 bridgehead atoms. The third-order valence-corrected chi connectivity index (χ3v) is 3.10. The van der Waals surface area contributed by atoms with Gasteiger partial charge in [-0.1, -0.05) is 0 Å². The fraction of sp³-hybridized carbons (Fsp3) is 0.800. The van der Waals surface area contributed by atoms with Gasteiger partial charge in [0.15, 0.2) is 0 Å². The minimum atomic E-state index is -0.869. The smallest absolute Gasteiger partial charge is 0.307 e. The number of amides is 1. The van der Waals surface area contributed by atoms with Crippen LogP contribution in [-0.4, -0.2) is 40.8 Å². The maximum atomic E-state index is 11.9. The van der Waals surface area contributed by atoms with E-state index in [2.05, 4.69) is 0 Å². The molecule has 0 spiro atoms. The number of nitrogens with zero attached hydrogens (tertiary/aromatic N) is 1. The summed E-state index contributed by atoms with van der Waals surface area (Å²) in [6, 6.07) is 0. The standard InChI is InChI=1S/C10H15NO4/c1-10(2)4-15-5-11(10)8(12)6-3-7(6)9(13)14/h6-7H,3-5H2,1-2H3,(H,13,14)/t6-,7+/m1/s1. The van der Waals surface area contributed by atoms with Gasteiger partial charge in [-0.05, 0) is 20.3 Å². The molecule has 2 atom stereocenters. The molecule has 0 aromatic carbocycles. The van der Waals surface area contributed by atoms with Crippen LogP contribution in [0.3, 0.4) is 0 Å². The Balaban J connectivity index is 2.01. The average Bonchev–Trinajstić information content (AvgIpc) is 2.84. The first-order valence-corrected chi connectivity index (χ1v) is 5.05. The van der Waals surface area contributed by atoms with Crippen molar-refractivity contribution in [3.8, 4) is 0 Å². The van der Waals surface area contributed by atoms with E-state index in [0.29, 0.717) is 13.0 Å². The quantitative estimate of drug-likeness (QED) is 0.716. The summed E-state index contributed by atoms with van der Waals surface area (Å²) in [5.41, 5.74) is -0.303. The van der Waals surface area contributed by atoms with Crippen molar-refractivity contribution in [2.75, 3.05) is 13.3 Å². The van der Waals surface area contributed by atoms with Crippen molar-refractivity contribution < 1.29 is 19.4 Å². The lowest BCUT2D eigenvalue weighted by molar-refractivity contribution is -0.143. The molecule has 1 N–H and O–H groups in total. The molecule has 2 aliphatic rings. The van der Waals surface area contributed by atoms with Crippen LogP contribution < -0.4 is 0 Å². The highest BCUT2D eigenvalue weighted by Gasteiger charge is 2.52. The predicted octanol–water partition coefficient (Wildman–Crippen LogP) is 0.302. The summed E-state index contributed by atoms with van der Waals surface area (Å²) in [7, 11) is 0. The van der Waals surface area contributed by atoms with E-state index in [1.807, 2.05) is 13.8 Å². The summed E-state index contributed by atoms with van der Waals surface area (Å²) in [5, 5.41) is 8.74. The SMILES string of the molecule is CC1(C)COCN1C(=O)[C@@H]1C[C@@H]1C(=O)O. The first-order valence-electron chi connectivity index (χ1n) is 5.05. The monoisotopic (exact) mass is 213 g/mol. The second kappa shape index (κ2) is 3.20. The largest absolute Gasteiger partial charge is 0.481 e. The number of ether oxygens (including phenoxy) is 1. The molecule has 1 heterocycles. The molecule has 15 heavy (non-hydrogen) atoms. The van der Waals surface area contributed by atoms with Crippen molar-refractivity contribution in [3.63, 3.8) is 0 Å². The first kappa shape index (κ1) is 10.4. The lowest BCUT2D eigenvalue weighted by Gasteiger charge is -2.29. The highest BCUT2D eigenvalue weighted by atomic mass is 16.5. The van der Waals surface area contributed by atoms with Crippen LogP contribution in [0.25, 0.3) is 0 Å². The van der Waals surface area contributed by atoms with Crippen molar-refractivity contribution in [2.45, 2.75) is 25.8 Å². The molecule has 84 valence electrons. The van der Waals surface area contributed by atoms with Gasteiger partial charge in [0.05, 0.1) is 24.0 Å². The van der Waals surface area contributed by atoms with Crippen molar-refractivity contribution in [1.82, 2.24) is 4.90 Å². The lowest BCUT2D eigenvalue weighted by Crippen LogP contribution is -2.45. The molecule has 0 radical (unpaired) electrons. The summed E-state index contributed by atoms with van der Waals surface area (Å²) in [5.74, 6) is -1.76. The van der Waals surface area contributed by atoms with E-state index in [0.717, 1.165) is 0 Å². The fourth-order valence-electron chi connectivity index (χ4n) is 1.94. The van der Waals surface area contributed by atoms with Crippen molar-refractivity contribution >= 4 is 11.9 Å². The van der Waals surface area contributed by atoms with E-state index < -0.39 is 11.9 Å². The van der Waals surface area contributed by atoms with Gasteiger partial charge in [-0.3, -0.25) is 9.59 Å². The average molecular weight is 213 g/mol. The van der Waals surface area contributed by atoms with Gasteiger partial charge in [0.2, 0.25) is 5.91 Å². The van der Waals surface area contributed by atoms with Crippen LogP contribution >= 0.6 is 0 Å². The number of hydrogen-bond donors (Lipinski definition) is 1. The number of hydrogen-bond acceptors (Lipinski definition) is 3. The molecular weight excluding hydrogens is 198 g/mol. The van der Waals surface area contributed by atoms with Gasteiger partial charge in [0, 0.05) is 0 Å². The van der Waals surface area contributed by atoms with E-state index in [1.54, 1.807) is 4.90 Å². The molecule has 1 saturated heterocycles.